The van der Waals surface area contributed by atoms with E-state index in [1.807, 2.05) is 0 Å². The van der Waals surface area contributed by atoms with Crippen LogP contribution in [0.2, 0.25) is 0 Å². The molecule has 0 unspecified atom stereocenters. The molecule has 0 fully saturated rings. The van der Waals surface area contributed by atoms with Gasteiger partial charge in [0.05, 0.1) is 0 Å². The summed E-state index contributed by atoms with van der Waals surface area (Å²) in [6, 6.07) is 0. The fourth-order valence-electron chi connectivity index (χ4n) is 0. The molecule has 16 valence electrons. The van der Waals surface area contributed by atoms with Crippen molar-refractivity contribution in [3.63, 3.8) is 0 Å². The van der Waals surface area contributed by atoms with Crippen molar-refractivity contribution in [2.75, 3.05) is 0 Å². The Labute approximate surface area is 37.4 Å². The third-order valence-corrected chi connectivity index (χ3v) is 0. The summed E-state index contributed by atoms with van der Waals surface area (Å²) in [6.07, 6.45) is 1.25. The van der Waals surface area contributed by atoms with E-state index < -0.39 is 0 Å². The first-order chi connectivity index (χ1) is 1.41. The maximum atomic E-state index is 7.10. The molecule has 0 atom stereocenters. The van der Waals surface area contributed by atoms with E-state index in [1.54, 1.807) is 0 Å². The Balaban J connectivity index is 0. The Morgan fingerprint density at radius 3 is 1.75 bits per heavy atom. The summed E-state index contributed by atoms with van der Waals surface area (Å²) >= 11 is 0. The zero-order chi connectivity index (χ0) is 2.71. The van der Waals surface area contributed by atoms with Gasteiger partial charge in [0.2, 0.25) is 0 Å². The number of nitrogens with zero attached hydrogens (tertiary/aromatic N) is 1. The van der Waals surface area contributed by atoms with Crippen LogP contribution in [-0.2, 0) is 19.5 Å². The van der Waals surface area contributed by atoms with E-state index in [4.69, 9.17) is 5.26 Å². The van der Waals surface area contributed by atoms with Crippen molar-refractivity contribution in [1.82, 2.24) is 0 Å². The van der Waals surface area contributed by atoms with Crippen LogP contribution in [0.1, 0.15) is 0 Å². The van der Waals surface area contributed by atoms with Crippen molar-refractivity contribution < 1.29 is 19.5 Å². The topological polar surface area (TPSA) is 49.8 Å². The van der Waals surface area contributed by atoms with Crippen LogP contribution < -0.4 is 5.73 Å². The Morgan fingerprint density at radius 2 is 1.75 bits per heavy atom. The fourth-order valence-corrected chi connectivity index (χ4v) is 0. The molecular formula is CH2N2Zn+2. The summed E-state index contributed by atoms with van der Waals surface area (Å²) in [4.78, 5) is 0. The summed E-state index contributed by atoms with van der Waals surface area (Å²) in [5.41, 5.74) is 4.15. The van der Waals surface area contributed by atoms with E-state index in [-0.39, 0.29) is 19.5 Å². The van der Waals surface area contributed by atoms with E-state index in [1.165, 1.54) is 6.19 Å². The molecule has 0 heterocycles. The average Bonchev–Trinajstić information content (AvgIpc) is 0.918. The molecule has 2 N–H and O–H groups in total. The van der Waals surface area contributed by atoms with E-state index in [2.05, 4.69) is 5.73 Å². The number of rotatable bonds is 0. The third kappa shape index (κ3) is 213. The summed E-state index contributed by atoms with van der Waals surface area (Å²) < 4.78 is 0. The van der Waals surface area contributed by atoms with Crippen molar-refractivity contribution in [2.24, 2.45) is 5.73 Å². The normalized spacial score (nSPS) is 1.75. The number of nitrogens with two attached hydrogens (primary N) is 1. The largest absolute Gasteiger partial charge is 2.00 e. The van der Waals surface area contributed by atoms with Crippen LogP contribution in [0.5, 0.6) is 0 Å². The quantitative estimate of drug-likeness (QED) is 0.256. The summed E-state index contributed by atoms with van der Waals surface area (Å²) in [6.45, 7) is 0. The molecule has 0 aromatic rings. The van der Waals surface area contributed by atoms with Gasteiger partial charge in [0, 0.05) is 0 Å². The SMILES string of the molecule is N#CN.[Zn+2]. The molecule has 2 nitrogen and oxygen atoms in total. The molecule has 0 saturated carbocycles. The van der Waals surface area contributed by atoms with E-state index in [9.17, 15) is 0 Å². The Hall–Kier alpha value is -0.0866. The number of hydrogen-bond donors (Lipinski definition) is 1. The standard InChI is InChI=1S/CH2N2.Zn/c2-1-3;/h2H2;/q;+2. The zero-order valence-electron chi connectivity index (χ0n) is 2.23. The molecule has 0 radical (unpaired) electrons. The van der Waals surface area contributed by atoms with Gasteiger partial charge in [-0.25, -0.2) is 0 Å². The molecule has 0 aliphatic heterocycles. The van der Waals surface area contributed by atoms with Crippen LogP contribution in [0.3, 0.4) is 0 Å². The van der Waals surface area contributed by atoms with Gasteiger partial charge in [-0.3, -0.25) is 0 Å². The molecule has 0 saturated heterocycles. The van der Waals surface area contributed by atoms with Crippen LogP contribution in [0, 0.1) is 11.5 Å². The minimum atomic E-state index is 0. The van der Waals surface area contributed by atoms with Gasteiger partial charge in [-0.1, -0.05) is 0 Å². The maximum Gasteiger partial charge on any atom is 2.00 e. The molecule has 0 aromatic heterocycles. The van der Waals surface area contributed by atoms with Gasteiger partial charge in [0.15, 0.2) is 6.19 Å². The fraction of sp³-hybridized carbons (Fsp3) is 0. The molecule has 0 bridgehead atoms. The van der Waals surface area contributed by atoms with E-state index >= 15 is 0 Å². The van der Waals surface area contributed by atoms with Gasteiger partial charge >= 0.3 is 19.5 Å². The third-order valence-electron chi connectivity index (χ3n) is 0. The van der Waals surface area contributed by atoms with E-state index in [0.717, 1.165) is 0 Å². The van der Waals surface area contributed by atoms with Crippen molar-refractivity contribution in [3.8, 4) is 6.19 Å². The molecule has 0 aliphatic carbocycles. The molecule has 0 aliphatic rings. The Morgan fingerprint density at radius 1 is 1.75 bits per heavy atom. The van der Waals surface area contributed by atoms with Crippen LogP contribution in [0.4, 0.5) is 0 Å². The van der Waals surface area contributed by atoms with Crippen molar-refractivity contribution in [2.45, 2.75) is 0 Å². The zero-order valence-corrected chi connectivity index (χ0v) is 5.20. The van der Waals surface area contributed by atoms with Crippen molar-refractivity contribution in [3.05, 3.63) is 0 Å². The van der Waals surface area contributed by atoms with Crippen LogP contribution in [-0.4, -0.2) is 0 Å². The molecule has 0 amide bonds. The van der Waals surface area contributed by atoms with Gasteiger partial charge in [-0.05, 0) is 0 Å². The number of hydrogen-bond acceptors (Lipinski definition) is 2. The predicted octanol–water partition coefficient (Wildman–Crippen LogP) is -0.576. The Kier molecular flexibility index (Phi) is 29.0. The summed E-state index contributed by atoms with van der Waals surface area (Å²) in [5.74, 6) is 0. The second kappa shape index (κ2) is 12.8. The summed E-state index contributed by atoms with van der Waals surface area (Å²) in [5, 5.41) is 7.10. The van der Waals surface area contributed by atoms with E-state index in [0.29, 0.717) is 0 Å². The first-order valence-electron chi connectivity index (χ1n) is 0.512. The monoisotopic (exact) mass is 106 g/mol. The average molecular weight is 107 g/mol. The predicted molar refractivity (Wildman–Crippen MR) is 9.80 cm³/mol. The molecular weight excluding hydrogens is 105 g/mol. The summed E-state index contributed by atoms with van der Waals surface area (Å²) in [7, 11) is 0. The van der Waals surface area contributed by atoms with Gasteiger partial charge in [0.25, 0.3) is 0 Å². The molecule has 0 rings (SSSR count). The first-order valence-corrected chi connectivity index (χ1v) is 0.512. The van der Waals surface area contributed by atoms with Crippen LogP contribution in [0.25, 0.3) is 0 Å². The van der Waals surface area contributed by atoms with Gasteiger partial charge < -0.3 is 5.73 Å². The van der Waals surface area contributed by atoms with Gasteiger partial charge in [-0.15, -0.1) is 0 Å². The molecule has 3 heteroatoms. The maximum absolute atomic E-state index is 7.10. The van der Waals surface area contributed by atoms with Crippen LogP contribution >= 0.6 is 0 Å². The van der Waals surface area contributed by atoms with Gasteiger partial charge in [-0.2, -0.15) is 5.26 Å². The molecule has 4 heavy (non-hydrogen) atoms. The van der Waals surface area contributed by atoms with Crippen molar-refractivity contribution >= 4 is 0 Å². The first kappa shape index (κ1) is 9.07. The Bertz CT molecular complexity index is 27.5. The second-order valence-corrected chi connectivity index (χ2v) is 0.129. The second-order valence-electron chi connectivity index (χ2n) is 0.129. The minimum absolute atomic E-state index is 0. The minimum Gasteiger partial charge on any atom is -0.337 e. The number of nitriles is 1. The van der Waals surface area contributed by atoms with Crippen LogP contribution in [0.15, 0.2) is 0 Å². The molecule has 0 spiro atoms. The van der Waals surface area contributed by atoms with Gasteiger partial charge in [0.1, 0.15) is 0 Å². The molecule has 0 aromatic carbocycles. The smallest absolute Gasteiger partial charge is 0.337 e. The van der Waals surface area contributed by atoms with Crippen molar-refractivity contribution in [1.29, 1.82) is 5.26 Å².